The van der Waals surface area contributed by atoms with Gasteiger partial charge in [-0.25, -0.2) is 8.42 Å². The summed E-state index contributed by atoms with van der Waals surface area (Å²) < 4.78 is 27.3. The van der Waals surface area contributed by atoms with E-state index in [0.29, 0.717) is 24.6 Å². The Balaban J connectivity index is 0.00000208. The SMILES string of the molecule is CN(C)C(=O)c1cccc(S(=O)(=O)N2CC3CCC(N)C3C2)c1.Cl. The minimum absolute atomic E-state index is 0. The number of carbonyl (C=O) groups excluding carboxylic acids is 1. The van der Waals surface area contributed by atoms with E-state index >= 15 is 0 Å². The van der Waals surface area contributed by atoms with E-state index in [1.54, 1.807) is 32.3 Å². The number of amides is 1. The minimum atomic E-state index is -3.58. The first-order chi connectivity index (χ1) is 10.8. The smallest absolute Gasteiger partial charge is 0.253 e. The first-order valence-electron chi connectivity index (χ1n) is 7.88. The van der Waals surface area contributed by atoms with Gasteiger partial charge in [-0.15, -0.1) is 12.4 Å². The summed E-state index contributed by atoms with van der Waals surface area (Å²) in [5.41, 5.74) is 6.47. The Morgan fingerprint density at radius 2 is 1.96 bits per heavy atom. The van der Waals surface area contributed by atoms with Crippen LogP contribution >= 0.6 is 12.4 Å². The third kappa shape index (κ3) is 3.31. The molecule has 1 amide bonds. The molecule has 0 radical (unpaired) electrons. The minimum Gasteiger partial charge on any atom is -0.345 e. The molecular weight excluding hydrogens is 350 g/mol. The van der Waals surface area contributed by atoms with Gasteiger partial charge in [0.05, 0.1) is 4.90 Å². The van der Waals surface area contributed by atoms with E-state index in [4.69, 9.17) is 5.73 Å². The molecule has 0 bridgehead atoms. The monoisotopic (exact) mass is 373 g/mol. The molecule has 24 heavy (non-hydrogen) atoms. The van der Waals surface area contributed by atoms with Gasteiger partial charge < -0.3 is 10.6 Å². The van der Waals surface area contributed by atoms with Crippen LogP contribution in [0.3, 0.4) is 0 Å². The number of hydrogen-bond donors (Lipinski definition) is 1. The van der Waals surface area contributed by atoms with E-state index < -0.39 is 10.0 Å². The summed E-state index contributed by atoms with van der Waals surface area (Å²) in [5.74, 6) is 0.421. The average molecular weight is 374 g/mol. The lowest BCUT2D eigenvalue weighted by molar-refractivity contribution is 0.0827. The number of fused-ring (bicyclic) bond motifs is 1. The summed E-state index contributed by atoms with van der Waals surface area (Å²) in [7, 11) is -0.288. The van der Waals surface area contributed by atoms with Crippen LogP contribution in [-0.4, -0.2) is 56.8 Å². The first-order valence-corrected chi connectivity index (χ1v) is 9.32. The Hall–Kier alpha value is -1.15. The molecule has 6 nitrogen and oxygen atoms in total. The Morgan fingerprint density at radius 1 is 1.25 bits per heavy atom. The molecule has 2 fully saturated rings. The largest absolute Gasteiger partial charge is 0.345 e. The third-order valence-corrected chi connectivity index (χ3v) is 6.83. The molecule has 1 aliphatic heterocycles. The predicted octanol–water partition coefficient (Wildman–Crippen LogP) is 1.17. The summed E-state index contributed by atoms with van der Waals surface area (Å²) in [4.78, 5) is 13.7. The van der Waals surface area contributed by atoms with Gasteiger partial charge in [0.25, 0.3) is 5.91 Å². The van der Waals surface area contributed by atoms with Crippen molar-refractivity contribution < 1.29 is 13.2 Å². The van der Waals surface area contributed by atoms with Crippen molar-refractivity contribution in [3.05, 3.63) is 29.8 Å². The van der Waals surface area contributed by atoms with E-state index in [9.17, 15) is 13.2 Å². The van der Waals surface area contributed by atoms with Crippen molar-refractivity contribution in [2.75, 3.05) is 27.2 Å². The van der Waals surface area contributed by atoms with Gasteiger partial charge in [-0.2, -0.15) is 4.31 Å². The van der Waals surface area contributed by atoms with Gasteiger partial charge in [0.1, 0.15) is 0 Å². The predicted molar refractivity (Wildman–Crippen MR) is 94.7 cm³/mol. The summed E-state index contributed by atoms with van der Waals surface area (Å²) >= 11 is 0. The molecule has 134 valence electrons. The van der Waals surface area contributed by atoms with Crippen LogP contribution in [0.15, 0.2) is 29.2 Å². The lowest BCUT2D eigenvalue weighted by Crippen LogP contribution is -2.33. The number of halogens is 1. The zero-order valence-corrected chi connectivity index (χ0v) is 15.5. The number of benzene rings is 1. The van der Waals surface area contributed by atoms with Crippen LogP contribution < -0.4 is 5.73 Å². The third-order valence-electron chi connectivity index (χ3n) is 5.00. The van der Waals surface area contributed by atoms with E-state index in [1.165, 1.54) is 15.3 Å². The van der Waals surface area contributed by atoms with Crippen molar-refractivity contribution >= 4 is 28.3 Å². The van der Waals surface area contributed by atoms with Crippen molar-refractivity contribution in [1.29, 1.82) is 0 Å². The topological polar surface area (TPSA) is 83.7 Å². The van der Waals surface area contributed by atoms with Crippen LogP contribution in [0.4, 0.5) is 0 Å². The fourth-order valence-corrected chi connectivity index (χ4v) is 5.24. The van der Waals surface area contributed by atoms with Gasteiger partial charge in [0, 0.05) is 38.8 Å². The highest BCUT2D eigenvalue weighted by Crippen LogP contribution is 2.39. The highest BCUT2D eigenvalue weighted by molar-refractivity contribution is 7.89. The molecule has 1 heterocycles. The molecule has 3 rings (SSSR count). The first kappa shape index (κ1) is 19.2. The molecule has 3 unspecified atom stereocenters. The van der Waals surface area contributed by atoms with Crippen molar-refractivity contribution in [2.24, 2.45) is 17.6 Å². The quantitative estimate of drug-likeness (QED) is 0.861. The number of nitrogens with two attached hydrogens (primary N) is 1. The number of carbonyl (C=O) groups is 1. The molecule has 1 aliphatic carbocycles. The fraction of sp³-hybridized carbons (Fsp3) is 0.562. The standard InChI is InChI=1S/C16H23N3O3S.ClH/c1-18(2)16(20)11-4-3-5-13(8-11)23(21,22)19-9-12-6-7-15(17)14(12)10-19;/h3-5,8,12,14-15H,6-7,9-10,17H2,1-2H3;1H. The van der Waals surface area contributed by atoms with Gasteiger partial charge in [-0.1, -0.05) is 6.07 Å². The number of nitrogens with zero attached hydrogens (tertiary/aromatic N) is 2. The van der Waals surface area contributed by atoms with E-state index in [2.05, 4.69) is 0 Å². The van der Waals surface area contributed by atoms with Gasteiger partial charge in [-0.3, -0.25) is 4.79 Å². The molecule has 3 atom stereocenters. The number of sulfonamides is 1. The summed E-state index contributed by atoms with van der Waals surface area (Å²) in [5, 5.41) is 0. The maximum Gasteiger partial charge on any atom is 0.253 e. The lowest BCUT2D eigenvalue weighted by Gasteiger charge is -2.19. The van der Waals surface area contributed by atoms with Crippen LogP contribution in [0.1, 0.15) is 23.2 Å². The fourth-order valence-electron chi connectivity index (χ4n) is 3.66. The van der Waals surface area contributed by atoms with Gasteiger partial charge >= 0.3 is 0 Å². The van der Waals surface area contributed by atoms with E-state index in [1.807, 2.05) is 0 Å². The van der Waals surface area contributed by atoms with Crippen LogP contribution in [0.5, 0.6) is 0 Å². The van der Waals surface area contributed by atoms with Crippen molar-refractivity contribution in [1.82, 2.24) is 9.21 Å². The Bertz CT molecular complexity index is 723. The lowest BCUT2D eigenvalue weighted by atomic mass is 9.98. The second-order valence-corrected chi connectivity index (χ2v) is 8.65. The Morgan fingerprint density at radius 3 is 2.58 bits per heavy atom. The zero-order chi connectivity index (χ0) is 16.8. The van der Waals surface area contributed by atoms with Gasteiger partial charge in [0.15, 0.2) is 0 Å². The molecule has 0 aromatic heterocycles. The average Bonchev–Trinajstić information content (AvgIpc) is 3.09. The molecule has 0 spiro atoms. The molecule has 1 aromatic rings. The molecule has 1 aromatic carbocycles. The summed E-state index contributed by atoms with van der Waals surface area (Å²) in [6, 6.07) is 6.37. The summed E-state index contributed by atoms with van der Waals surface area (Å²) in [6.45, 7) is 1.02. The molecular formula is C16H24ClN3O3S. The molecule has 2 aliphatic rings. The highest BCUT2D eigenvalue weighted by Gasteiger charge is 2.45. The second kappa shape index (κ2) is 7.00. The van der Waals surface area contributed by atoms with Crippen molar-refractivity contribution in [3.63, 3.8) is 0 Å². The normalized spacial score (nSPS) is 26.7. The van der Waals surface area contributed by atoms with Crippen LogP contribution in [0.25, 0.3) is 0 Å². The molecule has 1 saturated heterocycles. The second-order valence-electron chi connectivity index (χ2n) is 6.71. The molecule has 2 N–H and O–H groups in total. The Kier molecular flexibility index (Phi) is 5.59. The van der Waals surface area contributed by atoms with Crippen molar-refractivity contribution in [3.8, 4) is 0 Å². The zero-order valence-electron chi connectivity index (χ0n) is 13.9. The highest BCUT2D eigenvalue weighted by atomic mass is 35.5. The van der Waals surface area contributed by atoms with Crippen molar-refractivity contribution in [2.45, 2.75) is 23.8 Å². The van der Waals surface area contributed by atoms with Crippen LogP contribution in [0.2, 0.25) is 0 Å². The van der Waals surface area contributed by atoms with E-state index in [-0.39, 0.29) is 35.2 Å². The maximum absolute atomic E-state index is 12.9. The number of hydrogen-bond acceptors (Lipinski definition) is 4. The van der Waals surface area contributed by atoms with E-state index in [0.717, 1.165) is 12.8 Å². The Labute approximate surface area is 149 Å². The maximum atomic E-state index is 12.9. The molecule has 8 heteroatoms. The number of rotatable bonds is 3. The summed E-state index contributed by atoms with van der Waals surface area (Å²) in [6.07, 6.45) is 1.98. The van der Waals surface area contributed by atoms with Crippen LogP contribution in [-0.2, 0) is 10.0 Å². The molecule has 1 saturated carbocycles. The van der Waals surface area contributed by atoms with Gasteiger partial charge in [0.2, 0.25) is 10.0 Å². The van der Waals surface area contributed by atoms with Crippen LogP contribution in [0, 0.1) is 11.8 Å². The van der Waals surface area contributed by atoms with Gasteiger partial charge in [-0.05, 0) is 42.9 Å².